The van der Waals surface area contributed by atoms with Crippen molar-refractivity contribution in [2.24, 2.45) is 4.99 Å². The van der Waals surface area contributed by atoms with Crippen LogP contribution in [0, 0.1) is 0 Å². The molecule has 0 aromatic rings. The van der Waals surface area contributed by atoms with Crippen molar-refractivity contribution in [3.63, 3.8) is 0 Å². The van der Waals surface area contributed by atoms with Crippen LogP contribution in [0.3, 0.4) is 0 Å². The number of hydrogen-bond acceptors (Lipinski definition) is 2. The molecule has 1 saturated carbocycles. The third-order valence-electron chi connectivity index (χ3n) is 3.86. The highest BCUT2D eigenvalue weighted by molar-refractivity contribution is 5.88. The molecule has 0 atom stereocenters. The molecule has 1 N–H and O–H groups in total. The van der Waals surface area contributed by atoms with Crippen LogP contribution >= 0.6 is 0 Å². The molecule has 1 amide bonds. The van der Waals surface area contributed by atoms with Crippen molar-refractivity contribution >= 4 is 11.9 Å². The van der Waals surface area contributed by atoms with E-state index in [9.17, 15) is 4.79 Å². The van der Waals surface area contributed by atoms with Crippen molar-refractivity contribution in [1.29, 1.82) is 0 Å². The second kappa shape index (κ2) is 5.62. The van der Waals surface area contributed by atoms with E-state index in [0.717, 1.165) is 19.0 Å². The van der Waals surface area contributed by atoms with Crippen LogP contribution in [0.1, 0.15) is 47.5 Å². The average Bonchev–Trinajstić information content (AvgIpc) is 3.09. The van der Waals surface area contributed by atoms with Crippen molar-refractivity contribution < 1.29 is 4.79 Å². The predicted molar refractivity (Wildman–Crippen MR) is 81.8 cm³/mol. The zero-order valence-corrected chi connectivity index (χ0v) is 13.4. The van der Waals surface area contributed by atoms with Gasteiger partial charge in [-0.1, -0.05) is 0 Å². The Labute approximate surface area is 122 Å². The number of carbonyl (C=O) groups is 1. The van der Waals surface area contributed by atoms with Gasteiger partial charge in [-0.05, 0) is 47.5 Å². The summed E-state index contributed by atoms with van der Waals surface area (Å²) >= 11 is 0. The van der Waals surface area contributed by atoms with Crippen LogP contribution in [0.25, 0.3) is 0 Å². The van der Waals surface area contributed by atoms with Gasteiger partial charge in [0.25, 0.3) is 0 Å². The molecular weight excluding hydrogens is 252 g/mol. The molecule has 2 fully saturated rings. The zero-order chi connectivity index (χ0) is 14.9. The van der Waals surface area contributed by atoms with Crippen LogP contribution < -0.4 is 5.32 Å². The Morgan fingerprint density at radius 2 is 2.10 bits per heavy atom. The summed E-state index contributed by atoms with van der Waals surface area (Å²) in [4.78, 5) is 21.2. The smallest absolute Gasteiger partial charge is 0.242 e. The van der Waals surface area contributed by atoms with Gasteiger partial charge in [0, 0.05) is 25.2 Å². The Hall–Kier alpha value is -1.26. The number of hydrogen-bond donors (Lipinski definition) is 1. The summed E-state index contributed by atoms with van der Waals surface area (Å²) < 4.78 is 0. The molecule has 20 heavy (non-hydrogen) atoms. The molecule has 5 nitrogen and oxygen atoms in total. The van der Waals surface area contributed by atoms with E-state index in [4.69, 9.17) is 0 Å². The molecule has 1 saturated heterocycles. The molecule has 0 aromatic heterocycles. The minimum atomic E-state index is -0.163. The first kappa shape index (κ1) is 15.1. The summed E-state index contributed by atoms with van der Waals surface area (Å²) in [5, 5.41) is 3.47. The largest absolute Gasteiger partial charge is 0.353 e. The summed E-state index contributed by atoms with van der Waals surface area (Å²) in [6, 6.07) is 0.796. The first-order valence-corrected chi connectivity index (χ1v) is 7.73. The van der Waals surface area contributed by atoms with Gasteiger partial charge >= 0.3 is 0 Å². The van der Waals surface area contributed by atoms with Crippen molar-refractivity contribution in [2.45, 2.75) is 65.1 Å². The molecule has 0 aromatic carbocycles. The molecule has 114 valence electrons. The lowest BCUT2D eigenvalue weighted by Gasteiger charge is -2.49. The molecule has 1 aliphatic heterocycles. The van der Waals surface area contributed by atoms with Gasteiger partial charge in [-0.2, -0.15) is 0 Å². The number of carbonyl (C=O) groups excluding carboxylic acids is 1. The van der Waals surface area contributed by atoms with Gasteiger partial charge in [-0.25, -0.2) is 0 Å². The Kier molecular flexibility index (Phi) is 4.25. The summed E-state index contributed by atoms with van der Waals surface area (Å²) in [5.74, 6) is 1.09. The summed E-state index contributed by atoms with van der Waals surface area (Å²) in [6.07, 6.45) is 2.43. The van der Waals surface area contributed by atoms with Gasteiger partial charge in [0.05, 0.1) is 12.1 Å². The lowest BCUT2D eigenvalue weighted by molar-refractivity contribution is -0.145. The fourth-order valence-corrected chi connectivity index (χ4v) is 3.11. The fraction of sp³-hybridized carbons (Fsp3) is 0.867. The van der Waals surface area contributed by atoms with Crippen LogP contribution in [0.15, 0.2) is 4.99 Å². The lowest BCUT2D eigenvalue weighted by Crippen LogP contribution is -2.66. The average molecular weight is 280 g/mol. The molecule has 0 unspecified atom stereocenters. The van der Waals surface area contributed by atoms with Gasteiger partial charge in [0.15, 0.2) is 5.96 Å². The van der Waals surface area contributed by atoms with Crippen LogP contribution in [0.2, 0.25) is 0 Å². The number of nitrogens with one attached hydrogen (secondary N) is 1. The zero-order valence-electron chi connectivity index (χ0n) is 13.4. The lowest BCUT2D eigenvalue weighted by atomic mass is 9.96. The van der Waals surface area contributed by atoms with E-state index in [0.29, 0.717) is 12.6 Å². The van der Waals surface area contributed by atoms with Gasteiger partial charge in [-0.3, -0.25) is 9.79 Å². The highest BCUT2D eigenvalue weighted by Gasteiger charge is 2.41. The van der Waals surface area contributed by atoms with Crippen molar-refractivity contribution in [2.75, 3.05) is 19.6 Å². The van der Waals surface area contributed by atoms with E-state index in [-0.39, 0.29) is 17.5 Å². The second-order valence-electron chi connectivity index (χ2n) is 6.74. The molecule has 1 aliphatic carbocycles. The van der Waals surface area contributed by atoms with Crippen LogP contribution in [0.5, 0.6) is 0 Å². The number of nitrogens with zero attached hydrogens (tertiary/aromatic N) is 3. The Morgan fingerprint density at radius 3 is 2.55 bits per heavy atom. The summed E-state index contributed by atoms with van der Waals surface area (Å²) in [7, 11) is 0. The number of guanidine groups is 1. The standard InChI is InChI=1S/C15H28N4O/c1-6-16-14(17-12-7-8-12)18-9-13(20)19(11(2)3)15(4,5)10-18/h11-12H,6-10H2,1-5H3,(H,16,17). The Morgan fingerprint density at radius 1 is 1.45 bits per heavy atom. The maximum atomic E-state index is 12.5. The SMILES string of the molecule is CCN=C(NC1CC1)N1CC(=O)N(C(C)C)C(C)(C)C1. The quantitative estimate of drug-likeness (QED) is 0.629. The minimum Gasteiger partial charge on any atom is -0.353 e. The van der Waals surface area contributed by atoms with Gasteiger partial charge in [-0.15, -0.1) is 0 Å². The predicted octanol–water partition coefficient (Wildman–Crippen LogP) is 1.45. The van der Waals surface area contributed by atoms with E-state index < -0.39 is 0 Å². The number of amides is 1. The first-order valence-electron chi connectivity index (χ1n) is 7.73. The third kappa shape index (κ3) is 3.25. The van der Waals surface area contributed by atoms with Gasteiger partial charge < -0.3 is 15.1 Å². The summed E-state index contributed by atoms with van der Waals surface area (Å²) in [5.41, 5.74) is -0.163. The topological polar surface area (TPSA) is 47.9 Å². The molecular formula is C15H28N4O. The van der Waals surface area contributed by atoms with Gasteiger partial charge in [0.1, 0.15) is 0 Å². The highest BCUT2D eigenvalue weighted by Crippen LogP contribution is 2.25. The van der Waals surface area contributed by atoms with Crippen molar-refractivity contribution in [1.82, 2.24) is 15.1 Å². The molecule has 0 radical (unpaired) electrons. The Balaban J connectivity index is 2.13. The number of aliphatic imine (C=N–C) groups is 1. The molecule has 5 heteroatoms. The molecule has 2 rings (SSSR count). The second-order valence-corrected chi connectivity index (χ2v) is 6.74. The molecule has 0 spiro atoms. The normalized spacial score (nSPS) is 23.5. The monoisotopic (exact) mass is 280 g/mol. The van der Waals surface area contributed by atoms with Crippen molar-refractivity contribution in [3.05, 3.63) is 0 Å². The maximum absolute atomic E-state index is 12.5. The molecule has 1 heterocycles. The fourth-order valence-electron chi connectivity index (χ4n) is 3.11. The summed E-state index contributed by atoms with van der Waals surface area (Å²) in [6.45, 7) is 12.5. The number of rotatable bonds is 3. The molecule has 0 bridgehead atoms. The van der Waals surface area contributed by atoms with Crippen molar-refractivity contribution in [3.8, 4) is 0 Å². The maximum Gasteiger partial charge on any atom is 0.242 e. The van der Waals surface area contributed by atoms with E-state index in [1.165, 1.54) is 12.8 Å². The van der Waals surface area contributed by atoms with E-state index in [1.807, 2.05) is 11.8 Å². The van der Waals surface area contributed by atoms with E-state index in [1.54, 1.807) is 0 Å². The van der Waals surface area contributed by atoms with Gasteiger partial charge in [0.2, 0.25) is 5.91 Å². The van der Waals surface area contributed by atoms with Crippen LogP contribution in [-0.4, -0.2) is 58.9 Å². The minimum absolute atomic E-state index is 0.163. The van der Waals surface area contributed by atoms with E-state index in [2.05, 4.69) is 42.9 Å². The highest BCUT2D eigenvalue weighted by atomic mass is 16.2. The first-order chi connectivity index (χ1) is 9.35. The molecule has 2 aliphatic rings. The van der Waals surface area contributed by atoms with E-state index >= 15 is 0 Å². The Bertz CT molecular complexity index is 399. The van der Waals surface area contributed by atoms with Crippen LogP contribution in [0.4, 0.5) is 0 Å². The number of piperazine rings is 1. The van der Waals surface area contributed by atoms with Crippen LogP contribution in [-0.2, 0) is 4.79 Å². The third-order valence-corrected chi connectivity index (χ3v) is 3.86.